The zero-order chi connectivity index (χ0) is 17.2. The molecule has 0 spiro atoms. The van der Waals surface area contributed by atoms with E-state index in [-0.39, 0.29) is 11.3 Å². The van der Waals surface area contributed by atoms with Crippen molar-refractivity contribution < 1.29 is 15.6 Å². The summed E-state index contributed by atoms with van der Waals surface area (Å²) < 4.78 is 0. The van der Waals surface area contributed by atoms with E-state index in [9.17, 15) is 4.79 Å². The Hall–Kier alpha value is -3.42. The monoisotopic (exact) mass is 344 g/mol. The number of aromatic carboxylic acids is 1. The number of rotatable bonds is 6. The molecule has 2 aromatic heterocycles. The number of aromatic amines is 1. The molecule has 0 aliphatic heterocycles. The number of aromatic nitrogens is 4. The summed E-state index contributed by atoms with van der Waals surface area (Å²) in [5, 5.41) is 22.4. The van der Waals surface area contributed by atoms with E-state index in [2.05, 4.69) is 30.8 Å². The van der Waals surface area contributed by atoms with Crippen LogP contribution in [0.3, 0.4) is 0 Å². The molecular weight excluding hydrogens is 320 g/mol. The van der Waals surface area contributed by atoms with Crippen LogP contribution in [0.5, 0.6) is 0 Å². The van der Waals surface area contributed by atoms with E-state index in [1.807, 2.05) is 6.07 Å². The first-order valence-electron chi connectivity index (χ1n) is 7.93. The number of carboxylic acids is 1. The van der Waals surface area contributed by atoms with Crippen LogP contribution in [0, 0.1) is 0 Å². The van der Waals surface area contributed by atoms with Crippen molar-refractivity contribution in [2.75, 3.05) is 10.6 Å². The molecule has 0 unspecified atom stereocenters. The first-order chi connectivity index (χ1) is 12.2. The van der Waals surface area contributed by atoms with Crippen molar-refractivity contribution in [1.29, 1.82) is 0 Å². The van der Waals surface area contributed by atoms with Gasteiger partial charge in [-0.1, -0.05) is 0 Å². The third kappa shape index (κ3) is 3.57. The zero-order valence-corrected chi connectivity index (χ0v) is 13.2. The summed E-state index contributed by atoms with van der Waals surface area (Å²) in [5.41, 5.74) is 2.08. The van der Waals surface area contributed by atoms with Gasteiger partial charge >= 0.3 is 5.97 Å². The number of H-pyrrole nitrogens is 1. The topological polar surface area (TPSA) is 116 Å². The molecule has 4 N–H and O–H groups in total. The predicted molar refractivity (Wildman–Crippen MR) is 101 cm³/mol. The van der Waals surface area contributed by atoms with Crippen LogP contribution < -0.4 is 10.6 Å². The molecule has 0 amide bonds. The van der Waals surface area contributed by atoms with Crippen LogP contribution in [0.4, 0.5) is 23.3 Å². The SMILES string of the molecule is O=C(O)c1ccc(Nc2nccc(Nc3cc(C4CC4)[nH]n3)n2)cc1.[HH].[HH].[HH].[HH]. The molecule has 25 heavy (non-hydrogen) atoms. The molecule has 1 fully saturated rings. The van der Waals surface area contributed by atoms with Crippen LogP contribution in [0.2, 0.25) is 0 Å². The molecule has 2 heterocycles. The van der Waals surface area contributed by atoms with Gasteiger partial charge in [-0.05, 0) is 43.2 Å². The molecule has 134 valence electrons. The molecule has 4 rings (SSSR count). The number of hydrogen-bond donors (Lipinski definition) is 4. The first kappa shape index (κ1) is 15.1. The molecule has 1 aliphatic rings. The van der Waals surface area contributed by atoms with Crippen LogP contribution in [0.15, 0.2) is 42.6 Å². The lowest BCUT2D eigenvalue weighted by Crippen LogP contribution is -2.01. The fourth-order valence-corrected chi connectivity index (χ4v) is 2.45. The van der Waals surface area contributed by atoms with E-state index in [1.165, 1.54) is 25.0 Å². The number of benzene rings is 1. The van der Waals surface area contributed by atoms with Crippen molar-refractivity contribution in [2.45, 2.75) is 18.8 Å². The predicted octanol–water partition coefficient (Wildman–Crippen LogP) is 4.25. The van der Waals surface area contributed by atoms with E-state index in [1.54, 1.807) is 24.4 Å². The fraction of sp³-hybridized carbons (Fsp3) is 0.176. The Kier molecular flexibility index (Phi) is 3.77. The number of anilines is 4. The smallest absolute Gasteiger partial charge is 0.335 e. The summed E-state index contributed by atoms with van der Waals surface area (Å²) >= 11 is 0. The number of nitrogens with one attached hydrogen (secondary N) is 3. The standard InChI is InChI=1S/C17H16N6O2.4H2/c24-16(25)11-3-5-12(6-4-11)19-17-18-8-7-14(21-17)20-15-9-13(22-23-15)10-1-2-10;;;;/h3-10H,1-2H2,(H,24,25)(H3,18,19,20,21,22,23);4*1H. The maximum atomic E-state index is 10.9. The summed E-state index contributed by atoms with van der Waals surface area (Å²) in [4.78, 5) is 19.4. The van der Waals surface area contributed by atoms with Gasteiger partial charge in [0.15, 0.2) is 5.82 Å². The van der Waals surface area contributed by atoms with Gasteiger partial charge in [-0.15, -0.1) is 0 Å². The zero-order valence-electron chi connectivity index (χ0n) is 13.2. The lowest BCUT2D eigenvalue weighted by atomic mass is 10.2. The molecule has 0 saturated heterocycles. The number of carboxylic acid groups (broad SMARTS) is 1. The summed E-state index contributed by atoms with van der Waals surface area (Å²) in [6, 6.07) is 10.1. The molecule has 1 aromatic carbocycles. The maximum absolute atomic E-state index is 10.9. The molecule has 3 aromatic rings. The third-order valence-corrected chi connectivity index (χ3v) is 3.91. The summed E-state index contributed by atoms with van der Waals surface area (Å²) in [7, 11) is 0. The van der Waals surface area contributed by atoms with E-state index in [4.69, 9.17) is 5.11 Å². The molecule has 8 nitrogen and oxygen atoms in total. The van der Waals surface area contributed by atoms with Crippen LogP contribution >= 0.6 is 0 Å². The van der Waals surface area contributed by atoms with Crippen molar-refractivity contribution in [2.24, 2.45) is 0 Å². The molecule has 1 aliphatic carbocycles. The highest BCUT2D eigenvalue weighted by atomic mass is 16.4. The first-order valence-corrected chi connectivity index (χ1v) is 7.93. The van der Waals surface area contributed by atoms with Crippen LogP contribution in [-0.2, 0) is 0 Å². The Bertz CT molecular complexity index is 918. The van der Waals surface area contributed by atoms with Crippen LogP contribution in [0.25, 0.3) is 0 Å². The molecular formula is C17H24N6O2. The van der Waals surface area contributed by atoms with Gasteiger partial charge in [-0.25, -0.2) is 9.78 Å². The second-order valence-corrected chi connectivity index (χ2v) is 5.88. The minimum absolute atomic E-state index is 0. The third-order valence-electron chi connectivity index (χ3n) is 3.91. The average molecular weight is 344 g/mol. The summed E-state index contributed by atoms with van der Waals surface area (Å²) in [6.07, 6.45) is 4.06. The Labute approximate surface area is 149 Å². The molecule has 0 bridgehead atoms. The van der Waals surface area contributed by atoms with Gasteiger partial charge in [0.05, 0.1) is 5.56 Å². The van der Waals surface area contributed by atoms with Gasteiger partial charge in [0.25, 0.3) is 0 Å². The van der Waals surface area contributed by atoms with Crippen molar-refractivity contribution in [1.82, 2.24) is 20.2 Å². The number of hydrogen-bond acceptors (Lipinski definition) is 6. The van der Waals surface area contributed by atoms with Gasteiger partial charge in [-0.2, -0.15) is 10.1 Å². The van der Waals surface area contributed by atoms with Gasteiger partial charge < -0.3 is 15.7 Å². The minimum atomic E-state index is -0.960. The quantitative estimate of drug-likeness (QED) is 0.528. The molecule has 1 saturated carbocycles. The minimum Gasteiger partial charge on any atom is -0.478 e. The van der Waals surface area contributed by atoms with Gasteiger partial charge in [0.1, 0.15) is 5.82 Å². The fourth-order valence-electron chi connectivity index (χ4n) is 2.45. The van der Waals surface area contributed by atoms with E-state index in [0.29, 0.717) is 23.4 Å². The van der Waals surface area contributed by atoms with Crippen LogP contribution in [-0.4, -0.2) is 31.2 Å². The van der Waals surface area contributed by atoms with Gasteiger partial charge in [-0.3, -0.25) is 5.10 Å². The summed E-state index contributed by atoms with van der Waals surface area (Å²) in [5.74, 6) is 1.40. The highest BCUT2D eigenvalue weighted by molar-refractivity contribution is 5.88. The number of carbonyl (C=O) groups is 1. The number of nitrogens with zero attached hydrogens (tertiary/aromatic N) is 3. The van der Waals surface area contributed by atoms with E-state index < -0.39 is 5.97 Å². The molecule has 8 heteroatoms. The maximum Gasteiger partial charge on any atom is 0.335 e. The lowest BCUT2D eigenvalue weighted by Gasteiger charge is -2.07. The van der Waals surface area contributed by atoms with E-state index in [0.717, 1.165) is 11.5 Å². The Morgan fingerprint density at radius 2 is 1.96 bits per heavy atom. The second kappa shape index (κ2) is 6.23. The Morgan fingerprint density at radius 3 is 2.68 bits per heavy atom. The lowest BCUT2D eigenvalue weighted by molar-refractivity contribution is 0.0697. The van der Waals surface area contributed by atoms with Crippen molar-refractivity contribution >= 4 is 29.2 Å². The van der Waals surface area contributed by atoms with Crippen molar-refractivity contribution in [3.8, 4) is 0 Å². The molecule has 0 radical (unpaired) electrons. The van der Waals surface area contributed by atoms with Gasteiger partial charge in [0, 0.05) is 35.3 Å². The highest BCUT2D eigenvalue weighted by Gasteiger charge is 2.25. The largest absolute Gasteiger partial charge is 0.478 e. The molecule has 0 atom stereocenters. The van der Waals surface area contributed by atoms with Gasteiger partial charge in [0.2, 0.25) is 5.95 Å². The second-order valence-electron chi connectivity index (χ2n) is 5.88. The average Bonchev–Trinajstić information content (AvgIpc) is 3.36. The highest BCUT2D eigenvalue weighted by Crippen LogP contribution is 2.39. The Balaban J connectivity index is 0.00000196. The van der Waals surface area contributed by atoms with Crippen molar-refractivity contribution in [3.63, 3.8) is 0 Å². The van der Waals surface area contributed by atoms with Crippen molar-refractivity contribution in [3.05, 3.63) is 53.9 Å². The Morgan fingerprint density at radius 1 is 1.16 bits per heavy atom. The summed E-state index contributed by atoms with van der Waals surface area (Å²) in [6.45, 7) is 0. The van der Waals surface area contributed by atoms with E-state index >= 15 is 0 Å². The normalized spacial score (nSPS) is 13.4. The van der Waals surface area contributed by atoms with Crippen LogP contribution in [0.1, 0.15) is 40.5 Å².